The van der Waals surface area contributed by atoms with Crippen LogP contribution in [0, 0.1) is 25.7 Å². The van der Waals surface area contributed by atoms with E-state index in [9.17, 15) is 9.90 Å². The molecular weight excluding hydrogens is 256 g/mol. The number of fused-ring (bicyclic) bond motifs is 1. The maximum atomic E-state index is 12.3. The topological polar surface area (TPSA) is 66.6 Å². The average molecular weight is 278 g/mol. The number of hydrogen-bond donors (Lipinski definition) is 1. The first-order valence-electron chi connectivity index (χ1n) is 7.44. The Morgan fingerprint density at radius 3 is 2.85 bits per heavy atom. The van der Waals surface area contributed by atoms with Crippen LogP contribution in [-0.4, -0.2) is 40.3 Å². The number of carbonyl (C=O) groups excluding carboxylic acids is 1. The monoisotopic (exact) mass is 278 g/mol. The summed E-state index contributed by atoms with van der Waals surface area (Å²) in [6.45, 7) is 5.34. The molecule has 0 spiro atoms. The van der Waals surface area contributed by atoms with Crippen molar-refractivity contribution in [1.29, 1.82) is 0 Å². The van der Waals surface area contributed by atoms with E-state index < -0.39 is 0 Å². The minimum atomic E-state index is -0.208. The van der Waals surface area contributed by atoms with Gasteiger partial charge < -0.3 is 14.5 Å². The highest BCUT2D eigenvalue weighted by Crippen LogP contribution is 2.38. The fourth-order valence-corrected chi connectivity index (χ4v) is 3.69. The standard InChI is InChI=1S/C15H22N2O3/c1-9-12(10(2)20-16-9)4-6-15(19)17-7-11-3-5-14(18)13(11)8-17/h11,13-14,18H,3-8H2,1-2H3. The van der Waals surface area contributed by atoms with E-state index in [1.807, 2.05) is 18.7 Å². The zero-order valence-corrected chi connectivity index (χ0v) is 12.1. The van der Waals surface area contributed by atoms with Crippen molar-refractivity contribution in [2.24, 2.45) is 11.8 Å². The summed E-state index contributed by atoms with van der Waals surface area (Å²) in [4.78, 5) is 14.2. The van der Waals surface area contributed by atoms with Crippen LogP contribution >= 0.6 is 0 Å². The average Bonchev–Trinajstić information content (AvgIpc) is 3.06. The molecule has 1 aliphatic heterocycles. The lowest BCUT2D eigenvalue weighted by molar-refractivity contribution is -0.130. The van der Waals surface area contributed by atoms with Gasteiger partial charge in [-0.15, -0.1) is 0 Å². The van der Waals surface area contributed by atoms with Crippen LogP contribution < -0.4 is 0 Å². The lowest BCUT2D eigenvalue weighted by Gasteiger charge is -2.18. The second kappa shape index (κ2) is 5.20. The minimum absolute atomic E-state index is 0.187. The van der Waals surface area contributed by atoms with Gasteiger partial charge >= 0.3 is 0 Å². The van der Waals surface area contributed by atoms with E-state index in [-0.39, 0.29) is 12.0 Å². The molecule has 1 N–H and O–H groups in total. The Hall–Kier alpha value is -1.36. The summed E-state index contributed by atoms with van der Waals surface area (Å²) in [6.07, 6.45) is 2.93. The number of nitrogens with zero attached hydrogens (tertiary/aromatic N) is 2. The molecule has 1 saturated heterocycles. The van der Waals surface area contributed by atoms with Gasteiger partial charge in [-0.05, 0) is 39.0 Å². The van der Waals surface area contributed by atoms with Crippen LogP contribution in [0.1, 0.15) is 36.3 Å². The number of likely N-dealkylation sites (tertiary alicyclic amines) is 1. The van der Waals surface area contributed by atoms with Crippen molar-refractivity contribution in [3.8, 4) is 0 Å². The minimum Gasteiger partial charge on any atom is -0.393 e. The number of hydrogen-bond acceptors (Lipinski definition) is 4. The quantitative estimate of drug-likeness (QED) is 0.909. The molecule has 5 heteroatoms. The molecule has 1 saturated carbocycles. The molecule has 1 amide bonds. The summed E-state index contributed by atoms with van der Waals surface area (Å²) in [5.74, 6) is 1.81. The third-order valence-corrected chi connectivity index (χ3v) is 4.94. The first-order chi connectivity index (χ1) is 9.56. The number of rotatable bonds is 3. The van der Waals surface area contributed by atoms with Crippen molar-refractivity contribution >= 4 is 5.91 Å². The highest BCUT2D eigenvalue weighted by atomic mass is 16.5. The smallest absolute Gasteiger partial charge is 0.222 e. The molecule has 0 aromatic carbocycles. The van der Waals surface area contributed by atoms with Gasteiger partial charge in [0.2, 0.25) is 5.91 Å². The van der Waals surface area contributed by atoms with Crippen LogP contribution in [0.4, 0.5) is 0 Å². The second-order valence-corrected chi connectivity index (χ2v) is 6.17. The Morgan fingerprint density at radius 2 is 2.20 bits per heavy atom. The number of carbonyl (C=O) groups is 1. The highest BCUT2D eigenvalue weighted by Gasteiger charge is 2.43. The normalized spacial score (nSPS) is 28.9. The van der Waals surface area contributed by atoms with E-state index >= 15 is 0 Å². The molecule has 3 unspecified atom stereocenters. The van der Waals surface area contributed by atoms with Crippen LogP contribution in [0.25, 0.3) is 0 Å². The Balaban J connectivity index is 1.56. The fourth-order valence-electron chi connectivity index (χ4n) is 3.69. The summed E-state index contributed by atoms with van der Waals surface area (Å²) in [7, 11) is 0. The lowest BCUT2D eigenvalue weighted by atomic mass is 10.00. The molecule has 1 aromatic rings. The lowest BCUT2D eigenvalue weighted by Crippen LogP contribution is -2.31. The largest absolute Gasteiger partial charge is 0.393 e. The van der Waals surface area contributed by atoms with Crippen LogP contribution in [0.5, 0.6) is 0 Å². The number of aromatic nitrogens is 1. The van der Waals surface area contributed by atoms with Gasteiger partial charge in [0.1, 0.15) is 5.76 Å². The third-order valence-electron chi connectivity index (χ3n) is 4.94. The maximum Gasteiger partial charge on any atom is 0.222 e. The second-order valence-electron chi connectivity index (χ2n) is 6.17. The van der Waals surface area contributed by atoms with E-state index in [4.69, 9.17) is 4.52 Å². The zero-order chi connectivity index (χ0) is 14.3. The van der Waals surface area contributed by atoms with E-state index in [0.29, 0.717) is 24.7 Å². The summed E-state index contributed by atoms with van der Waals surface area (Å²) in [5, 5.41) is 13.8. The summed E-state index contributed by atoms with van der Waals surface area (Å²) >= 11 is 0. The van der Waals surface area contributed by atoms with Gasteiger partial charge in [-0.1, -0.05) is 5.16 Å². The molecule has 1 aromatic heterocycles. The molecule has 1 aliphatic carbocycles. The van der Waals surface area contributed by atoms with Crippen molar-refractivity contribution in [3.63, 3.8) is 0 Å². The predicted molar refractivity (Wildman–Crippen MR) is 73.1 cm³/mol. The van der Waals surface area contributed by atoms with Gasteiger partial charge in [-0.3, -0.25) is 4.79 Å². The molecule has 0 radical (unpaired) electrons. The van der Waals surface area contributed by atoms with E-state index in [1.54, 1.807) is 0 Å². The third kappa shape index (κ3) is 2.35. The first kappa shape index (κ1) is 13.6. The van der Waals surface area contributed by atoms with E-state index in [0.717, 1.165) is 42.9 Å². The van der Waals surface area contributed by atoms with Gasteiger partial charge in [0.15, 0.2) is 0 Å². The Morgan fingerprint density at radius 1 is 1.40 bits per heavy atom. The fraction of sp³-hybridized carbons (Fsp3) is 0.733. The van der Waals surface area contributed by atoms with Crippen molar-refractivity contribution in [2.45, 2.75) is 45.6 Å². The van der Waals surface area contributed by atoms with Gasteiger partial charge in [-0.25, -0.2) is 0 Å². The summed E-state index contributed by atoms with van der Waals surface area (Å²) < 4.78 is 5.12. The van der Waals surface area contributed by atoms with Crippen molar-refractivity contribution in [1.82, 2.24) is 10.1 Å². The zero-order valence-electron chi connectivity index (χ0n) is 12.1. The Bertz CT molecular complexity index is 492. The van der Waals surface area contributed by atoms with Crippen LogP contribution in [-0.2, 0) is 11.2 Å². The molecule has 5 nitrogen and oxygen atoms in total. The molecule has 3 rings (SSSR count). The van der Waals surface area contributed by atoms with Crippen molar-refractivity contribution in [3.05, 3.63) is 17.0 Å². The predicted octanol–water partition coefficient (Wildman–Crippen LogP) is 1.45. The molecule has 2 fully saturated rings. The van der Waals surface area contributed by atoms with Crippen molar-refractivity contribution < 1.29 is 14.4 Å². The van der Waals surface area contributed by atoms with Gasteiger partial charge in [0.05, 0.1) is 11.8 Å². The summed E-state index contributed by atoms with van der Waals surface area (Å²) in [6, 6.07) is 0. The molecule has 110 valence electrons. The number of aryl methyl sites for hydroxylation is 2. The van der Waals surface area contributed by atoms with Gasteiger partial charge in [0.25, 0.3) is 0 Å². The number of aliphatic hydroxyl groups excluding tert-OH is 1. The number of amides is 1. The van der Waals surface area contributed by atoms with Gasteiger partial charge in [-0.2, -0.15) is 0 Å². The number of aliphatic hydroxyl groups is 1. The Labute approximate surface area is 118 Å². The van der Waals surface area contributed by atoms with Crippen LogP contribution in [0.2, 0.25) is 0 Å². The first-order valence-corrected chi connectivity index (χ1v) is 7.44. The molecule has 2 heterocycles. The molecule has 20 heavy (non-hydrogen) atoms. The summed E-state index contributed by atoms with van der Waals surface area (Å²) in [5.41, 5.74) is 1.93. The molecule has 3 atom stereocenters. The Kier molecular flexibility index (Phi) is 3.54. The maximum absolute atomic E-state index is 12.3. The van der Waals surface area contributed by atoms with Crippen LogP contribution in [0.15, 0.2) is 4.52 Å². The SMILES string of the molecule is Cc1noc(C)c1CCC(=O)N1CC2CCC(O)C2C1. The van der Waals surface area contributed by atoms with Gasteiger partial charge in [0, 0.05) is 31.0 Å². The molecule has 0 bridgehead atoms. The van der Waals surface area contributed by atoms with E-state index in [2.05, 4.69) is 5.16 Å². The highest BCUT2D eigenvalue weighted by molar-refractivity contribution is 5.77. The van der Waals surface area contributed by atoms with E-state index in [1.165, 1.54) is 0 Å². The molecule has 2 aliphatic rings. The molecular formula is C15H22N2O3. The van der Waals surface area contributed by atoms with Crippen LogP contribution in [0.3, 0.4) is 0 Å². The van der Waals surface area contributed by atoms with Crippen molar-refractivity contribution in [2.75, 3.05) is 13.1 Å².